The van der Waals surface area contributed by atoms with Crippen molar-refractivity contribution in [1.29, 1.82) is 0 Å². The smallest absolute Gasteiger partial charge is 0.234 e. The van der Waals surface area contributed by atoms with Crippen molar-refractivity contribution in [2.24, 2.45) is 0 Å². The van der Waals surface area contributed by atoms with Gasteiger partial charge in [-0.15, -0.1) is 24.8 Å². The third-order valence-electron chi connectivity index (χ3n) is 4.82. The van der Waals surface area contributed by atoms with Gasteiger partial charge in [-0.2, -0.15) is 0 Å². The summed E-state index contributed by atoms with van der Waals surface area (Å²) in [7, 11) is 0. The third kappa shape index (κ3) is 6.03. The maximum atomic E-state index is 12.0. The van der Waals surface area contributed by atoms with Crippen LogP contribution < -0.4 is 10.6 Å². The van der Waals surface area contributed by atoms with Crippen LogP contribution in [0.5, 0.6) is 0 Å². The first-order valence-electron chi connectivity index (χ1n) is 8.21. The monoisotopic (exact) mass is 369 g/mol. The van der Waals surface area contributed by atoms with Gasteiger partial charge in [-0.05, 0) is 25.7 Å². The molecule has 0 aromatic carbocycles. The van der Waals surface area contributed by atoms with Gasteiger partial charge in [0.2, 0.25) is 5.91 Å². The molecule has 0 bridgehead atoms. The molecule has 2 N–H and O–H groups in total. The number of carbonyl (C=O) groups is 1. The van der Waals surface area contributed by atoms with Crippen molar-refractivity contribution in [3.8, 4) is 0 Å². The van der Waals surface area contributed by atoms with Crippen molar-refractivity contribution < 1.29 is 14.3 Å². The number of hydrogen-bond donors (Lipinski definition) is 2. The molecule has 3 aliphatic heterocycles. The number of likely N-dealkylation sites (tertiary alicyclic amines) is 1. The van der Waals surface area contributed by atoms with E-state index in [1.165, 1.54) is 0 Å². The van der Waals surface area contributed by atoms with Crippen LogP contribution in [0.15, 0.2) is 0 Å². The highest BCUT2D eigenvalue weighted by atomic mass is 35.5. The molecule has 1 amide bonds. The molecule has 136 valence electrons. The van der Waals surface area contributed by atoms with Crippen LogP contribution in [0.25, 0.3) is 0 Å². The van der Waals surface area contributed by atoms with Gasteiger partial charge in [0.05, 0.1) is 24.9 Å². The number of morpholine rings is 1. The van der Waals surface area contributed by atoms with Gasteiger partial charge in [-0.25, -0.2) is 0 Å². The zero-order valence-electron chi connectivity index (χ0n) is 13.6. The first kappa shape index (κ1) is 20.9. The second kappa shape index (κ2) is 10.0. The summed E-state index contributed by atoms with van der Waals surface area (Å²) in [5, 5.41) is 6.41. The molecule has 3 fully saturated rings. The normalized spacial score (nSPS) is 27.0. The quantitative estimate of drug-likeness (QED) is 0.758. The molecule has 3 heterocycles. The fourth-order valence-corrected chi connectivity index (χ4v) is 3.44. The second-order valence-electron chi connectivity index (χ2n) is 6.42. The van der Waals surface area contributed by atoms with E-state index in [9.17, 15) is 4.79 Å². The Labute approximate surface area is 150 Å². The first-order valence-corrected chi connectivity index (χ1v) is 8.21. The molecule has 8 heteroatoms. The van der Waals surface area contributed by atoms with Crippen LogP contribution in [0, 0.1) is 0 Å². The number of amides is 1. The van der Waals surface area contributed by atoms with Crippen LogP contribution in [0.3, 0.4) is 0 Å². The van der Waals surface area contributed by atoms with E-state index in [1.54, 1.807) is 0 Å². The molecule has 1 spiro atoms. The molecular weight excluding hydrogens is 341 g/mol. The zero-order chi connectivity index (χ0) is 14.5. The van der Waals surface area contributed by atoms with Crippen molar-refractivity contribution in [3.05, 3.63) is 0 Å². The number of piperidine rings is 1. The van der Waals surface area contributed by atoms with Gasteiger partial charge in [0, 0.05) is 39.3 Å². The van der Waals surface area contributed by atoms with Gasteiger partial charge >= 0.3 is 0 Å². The summed E-state index contributed by atoms with van der Waals surface area (Å²) in [6, 6.07) is 0. The SMILES string of the molecule is Cl.Cl.O=C(CN1CCC2(CC1)CNCCO2)NCC1CCCO1. The van der Waals surface area contributed by atoms with Crippen molar-refractivity contribution in [1.82, 2.24) is 15.5 Å². The van der Waals surface area contributed by atoms with Crippen molar-refractivity contribution in [2.75, 3.05) is 52.5 Å². The van der Waals surface area contributed by atoms with E-state index in [-0.39, 0.29) is 42.4 Å². The highest BCUT2D eigenvalue weighted by Gasteiger charge is 2.37. The predicted molar refractivity (Wildman–Crippen MR) is 93.7 cm³/mol. The molecule has 3 saturated heterocycles. The number of hydrogen-bond acceptors (Lipinski definition) is 5. The van der Waals surface area contributed by atoms with Gasteiger partial charge in [-0.3, -0.25) is 9.69 Å². The van der Waals surface area contributed by atoms with Gasteiger partial charge < -0.3 is 20.1 Å². The Balaban J connectivity index is 0.00000132. The van der Waals surface area contributed by atoms with Crippen LogP contribution in [-0.2, 0) is 14.3 Å². The van der Waals surface area contributed by atoms with Crippen molar-refractivity contribution in [2.45, 2.75) is 37.4 Å². The molecule has 3 aliphatic rings. The number of ether oxygens (including phenoxy) is 2. The summed E-state index contributed by atoms with van der Waals surface area (Å²) < 4.78 is 11.5. The summed E-state index contributed by atoms with van der Waals surface area (Å²) in [6.07, 6.45) is 4.43. The lowest BCUT2D eigenvalue weighted by molar-refractivity contribution is -0.126. The van der Waals surface area contributed by atoms with Crippen LogP contribution in [-0.4, -0.2) is 75.0 Å². The van der Waals surface area contributed by atoms with E-state index in [0.29, 0.717) is 13.1 Å². The molecule has 23 heavy (non-hydrogen) atoms. The van der Waals surface area contributed by atoms with Gasteiger partial charge in [0.1, 0.15) is 0 Å². The Morgan fingerprint density at radius 3 is 2.65 bits per heavy atom. The lowest BCUT2D eigenvalue weighted by atomic mass is 9.90. The average Bonchev–Trinajstić information content (AvgIpc) is 3.02. The minimum absolute atomic E-state index is 0. The summed E-state index contributed by atoms with van der Waals surface area (Å²) >= 11 is 0. The molecule has 1 atom stereocenters. The molecule has 0 aromatic rings. The molecule has 0 aromatic heterocycles. The summed E-state index contributed by atoms with van der Waals surface area (Å²) in [4.78, 5) is 14.2. The second-order valence-corrected chi connectivity index (χ2v) is 6.42. The molecule has 6 nitrogen and oxygen atoms in total. The molecule has 3 rings (SSSR count). The first-order chi connectivity index (χ1) is 10.3. The number of rotatable bonds is 4. The Morgan fingerprint density at radius 2 is 2.04 bits per heavy atom. The molecule has 0 saturated carbocycles. The molecule has 0 aliphatic carbocycles. The van der Waals surface area contributed by atoms with Crippen LogP contribution in [0.1, 0.15) is 25.7 Å². The van der Waals surface area contributed by atoms with E-state index in [1.807, 2.05) is 0 Å². The lowest BCUT2D eigenvalue weighted by Crippen LogP contribution is -2.56. The minimum atomic E-state index is 0. The predicted octanol–water partition coefficient (Wildman–Crippen LogP) is 0.580. The molecule has 0 radical (unpaired) electrons. The topological polar surface area (TPSA) is 62.8 Å². The Hall–Kier alpha value is -0.110. The fraction of sp³-hybridized carbons (Fsp3) is 0.933. The number of halogens is 2. The van der Waals surface area contributed by atoms with Gasteiger partial charge in [0.15, 0.2) is 0 Å². The molecular formula is C15H29Cl2N3O3. The largest absolute Gasteiger partial charge is 0.376 e. The standard InChI is InChI=1S/C15H27N3O3.2ClH/c19-14(17-10-13-2-1-8-20-13)11-18-6-3-15(4-7-18)12-16-5-9-21-15;;/h13,16H,1-12H2,(H,17,19);2*1H. The maximum absolute atomic E-state index is 12.0. The van der Waals surface area contributed by atoms with Crippen LogP contribution in [0.2, 0.25) is 0 Å². The van der Waals surface area contributed by atoms with Gasteiger partial charge in [0.25, 0.3) is 0 Å². The van der Waals surface area contributed by atoms with E-state index in [0.717, 1.165) is 65.1 Å². The molecule has 1 unspecified atom stereocenters. The maximum Gasteiger partial charge on any atom is 0.234 e. The minimum Gasteiger partial charge on any atom is -0.376 e. The Bertz CT molecular complexity index is 352. The van der Waals surface area contributed by atoms with Crippen molar-refractivity contribution in [3.63, 3.8) is 0 Å². The average molecular weight is 370 g/mol. The number of nitrogens with one attached hydrogen (secondary N) is 2. The fourth-order valence-electron chi connectivity index (χ4n) is 3.44. The Kier molecular flexibility index (Phi) is 9.11. The highest BCUT2D eigenvalue weighted by molar-refractivity contribution is 5.85. The van der Waals surface area contributed by atoms with E-state index < -0.39 is 0 Å². The van der Waals surface area contributed by atoms with E-state index in [4.69, 9.17) is 9.47 Å². The van der Waals surface area contributed by atoms with Gasteiger partial charge in [-0.1, -0.05) is 0 Å². The summed E-state index contributed by atoms with van der Waals surface area (Å²) in [5.41, 5.74) is 0.0168. The summed E-state index contributed by atoms with van der Waals surface area (Å²) in [6.45, 7) is 6.58. The number of nitrogens with zero attached hydrogens (tertiary/aromatic N) is 1. The van der Waals surface area contributed by atoms with Crippen molar-refractivity contribution >= 4 is 30.7 Å². The Morgan fingerprint density at radius 1 is 1.26 bits per heavy atom. The zero-order valence-corrected chi connectivity index (χ0v) is 15.2. The van der Waals surface area contributed by atoms with E-state index in [2.05, 4.69) is 15.5 Å². The lowest BCUT2D eigenvalue weighted by Gasteiger charge is -2.43. The number of carbonyl (C=O) groups excluding carboxylic acids is 1. The highest BCUT2D eigenvalue weighted by Crippen LogP contribution is 2.27. The van der Waals surface area contributed by atoms with Crippen LogP contribution in [0.4, 0.5) is 0 Å². The van der Waals surface area contributed by atoms with E-state index >= 15 is 0 Å². The van der Waals surface area contributed by atoms with Crippen LogP contribution >= 0.6 is 24.8 Å². The summed E-state index contributed by atoms with van der Waals surface area (Å²) in [5.74, 6) is 0.115. The third-order valence-corrected chi connectivity index (χ3v) is 4.82.